The minimum atomic E-state index is -0.647. The lowest BCUT2D eigenvalue weighted by Crippen LogP contribution is -2.70. The van der Waals surface area contributed by atoms with Gasteiger partial charge in [0.2, 0.25) is 11.8 Å². The molecule has 19 heavy (non-hydrogen) atoms. The lowest BCUT2D eigenvalue weighted by Gasteiger charge is -2.48. The Morgan fingerprint density at radius 2 is 1.68 bits per heavy atom. The Morgan fingerprint density at radius 1 is 1.16 bits per heavy atom. The van der Waals surface area contributed by atoms with Crippen LogP contribution in [0.4, 0.5) is 0 Å². The maximum absolute atomic E-state index is 12.5. The average Bonchev–Trinajstić information content (AvgIpc) is 2.42. The van der Waals surface area contributed by atoms with Crippen LogP contribution in [-0.2, 0) is 9.59 Å². The Kier molecular flexibility index (Phi) is 5.39. The number of hydrogen-bond acceptors (Lipinski definition) is 2. The largest absolute Gasteiger partial charge is 0.343 e. The Bertz CT molecular complexity index is 333. The summed E-state index contributed by atoms with van der Waals surface area (Å²) in [5, 5.41) is 2.83. The molecule has 1 unspecified atom stereocenters. The van der Waals surface area contributed by atoms with Gasteiger partial charge in [-0.25, -0.2) is 0 Å². The maximum Gasteiger partial charge on any atom is 0.246 e. The zero-order valence-electron chi connectivity index (χ0n) is 13.0. The topological polar surface area (TPSA) is 49.4 Å². The minimum absolute atomic E-state index is 0.00977. The van der Waals surface area contributed by atoms with E-state index in [1.54, 1.807) is 6.92 Å². The Morgan fingerprint density at radius 3 is 2.11 bits per heavy atom. The molecule has 1 aliphatic rings. The highest BCUT2D eigenvalue weighted by Gasteiger charge is 2.49. The normalized spacial score (nSPS) is 22.8. The van der Waals surface area contributed by atoms with E-state index in [1.807, 2.05) is 18.7 Å². The zero-order valence-corrected chi connectivity index (χ0v) is 13.0. The van der Waals surface area contributed by atoms with Crippen molar-refractivity contribution >= 4 is 11.8 Å². The third-order valence-corrected chi connectivity index (χ3v) is 4.69. The van der Waals surface area contributed by atoms with Crippen molar-refractivity contribution in [2.45, 2.75) is 71.9 Å². The molecule has 4 nitrogen and oxygen atoms in total. The smallest absolute Gasteiger partial charge is 0.246 e. The van der Waals surface area contributed by atoms with Gasteiger partial charge in [0.1, 0.15) is 11.6 Å². The Balaban J connectivity index is 3.09. The molecular formula is C15H28N2O2. The molecule has 0 bridgehead atoms. The van der Waals surface area contributed by atoms with Crippen LogP contribution in [0.3, 0.4) is 0 Å². The summed E-state index contributed by atoms with van der Waals surface area (Å²) >= 11 is 0. The molecule has 4 heteroatoms. The number of nitrogens with one attached hydrogen (secondary N) is 1. The first-order valence-electron chi connectivity index (χ1n) is 7.59. The van der Waals surface area contributed by atoms with Gasteiger partial charge in [-0.1, -0.05) is 40.5 Å². The summed E-state index contributed by atoms with van der Waals surface area (Å²) < 4.78 is 0. The summed E-state index contributed by atoms with van der Waals surface area (Å²) in [5.41, 5.74) is -0.647. The van der Waals surface area contributed by atoms with E-state index in [0.717, 1.165) is 12.8 Å². The van der Waals surface area contributed by atoms with Crippen LogP contribution in [0.25, 0.3) is 0 Å². The van der Waals surface area contributed by atoms with Crippen molar-refractivity contribution in [3.8, 4) is 0 Å². The molecule has 0 aromatic carbocycles. The van der Waals surface area contributed by atoms with E-state index >= 15 is 0 Å². The van der Waals surface area contributed by atoms with Gasteiger partial charge in [0.25, 0.3) is 0 Å². The van der Waals surface area contributed by atoms with E-state index < -0.39 is 11.6 Å². The summed E-state index contributed by atoms with van der Waals surface area (Å²) in [6, 6.07) is -0.395. The van der Waals surface area contributed by atoms with Crippen LogP contribution in [0.2, 0.25) is 0 Å². The van der Waals surface area contributed by atoms with E-state index in [2.05, 4.69) is 19.2 Å². The second kappa shape index (κ2) is 6.40. The lowest BCUT2D eigenvalue weighted by molar-refractivity contribution is -0.158. The van der Waals surface area contributed by atoms with Crippen LogP contribution in [0.1, 0.15) is 60.3 Å². The van der Waals surface area contributed by atoms with E-state index in [1.165, 1.54) is 0 Å². The van der Waals surface area contributed by atoms with E-state index in [4.69, 9.17) is 0 Å². The highest BCUT2D eigenvalue weighted by atomic mass is 16.2. The van der Waals surface area contributed by atoms with Gasteiger partial charge < -0.3 is 10.2 Å². The SMILES string of the molecule is CCC(CC)CN1C(=O)C(C)NC(=O)C1(CC)CC. The van der Waals surface area contributed by atoms with Crippen LogP contribution in [0.5, 0.6) is 0 Å². The summed E-state index contributed by atoms with van der Waals surface area (Å²) in [6.07, 6.45) is 3.43. The Hall–Kier alpha value is -1.06. The van der Waals surface area contributed by atoms with Gasteiger partial charge in [-0.2, -0.15) is 0 Å². The number of carbonyl (C=O) groups is 2. The molecule has 1 fully saturated rings. The number of nitrogens with zero attached hydrogens (tertiary/aromatic N) is 1. The van der Waals surface area contributed by atoms with Crippen molar-refractivity contribution < 1.29 is 9.59 Å². The predicted molar refractivity (Wildman–Crippen MR) is 76.7 cm³/mol. The monoisotopic (exact) mass is 268 g/mol. The van der Waals surface area contributed by atoms with Crippen molar-refractivity contribution in [2.75, 3.05) is 6.54 Å². The molecule has 0 saturated carbocycles. The summed E-state index contributed by atoms with van der Waals surface area (Å²) in [7, 11) is 0. The number of amides is 2. The molecule has 1 aliphatic heterocycles. The van der Waals surface area contributed by atoms with Crippen molar-refractivity contribution in [3.05, 3.63) is 0 Å². The van der Waals surface area contributed by atoms with Gasteiger partial charge in [-0.3, -0.25) is 9.59 Å². The van der Waals surface area contributed by atoms with Crippen molar-refractivity contribution in [3.63, 3.8) is 0 Å². The average molecular weight is 268 g/mol. The zero-order chi connectivity index (χ0) is 14.6. The van der Waals surface area contributed by atoms with Crippen LogP contribution >= 0.6 is 0 Å². The number of piperazine rings is 1. The molecule has 1 heterocycles. The molecular weight excluding hydrogens is 240 g/mol. The second-order valence-corrected chi connectivity index (χ2v) is 5.57. The lowest BCUT2D eigenvalue weighted by atomic mass is 9.84. The molecule has 0 radical (unpaired) electrons. The summed E-state index contributed by atoms with van der Waals surface area (Å²) in [6.45, 7) is 10.7. The second-order valence-electron chi connectivity index (χ2n) is 5.57. The molecule has 1 atom stereocenters. The fraction of sp³-hybridized carbons (Fsp3) is 0.867. The van der Waals surface area contributed by atoms with E-state index in [-0.39, 0.29) is 11.8 Å². The molecule has 2 amide bonds. The molecule has 0 aromatic heterocycles. The molecule has 110 valence electrons. The predicted octanol–water partition coefficient (Wildman–Crippen LogP) is 2.33. The standard InChI is InChI=1S/C15H28N2O2/c1-6-12(7-2)10-17-13(18)11(5)16-14(19)15(17,8-3)9-4/h11-12H,6-10H2,1-5H3,(H,16,19). The van der Waals surface area contributed by atoms with Crippen LogP contribution in [0, 0.1) is 5.92 Å². The first-order chi connectivity index (χ1) is 8.96. The van der Waals surface area contributed by atoms with Gasteiger partial charge in [0.05, 0.1) is 0 Å². The number of carbonyl (C=O) groups excluding carboxylic acids is 2. The van der Waals surface area contributed by atoms with Crippen LogP contribution in [-0.4, -0.2) is 34.8 Å². The van der Waals surface area contributed by atoms with Gasteiger partial charge in [0.15, 0.2) is 0 Å². The van der Waals surface area contributed by atoms with Crippen molar-refractivity contribution in [1.82, 2.24) is 10.2 Å². The number of rotatable bonds is 6. The van der Waals surface area contributed by atoms with Gasteiger partial charge in [-0.05, 0) is 25.7 Å². The third-order valence-electron chi connectivity index (χ3n) is 4.69. The maximum atomic E-state index is 12.5. The van der Waals surface area contributed by atoms with Gasteiger partial charge >= 0.3 is 0 Å². The van der Waals surface area contributed by atoms with Crippen LogP contribution in [0.15, 0.2) is 0 Å². The highest BCUT2D eigenvalue weighted by molar-refractivity contribution is 5.99. The quantitative estimate of drug-likeness (QED) is 0.803. The minimum Gasteiger partial charge on any atom is -0.343 e. The molecule has 0 aromatic rings. The number of hydrogen-bond donors (Lipinski definition) is 1. The third kappa shape index (κ3) is 2.77. The first-order valence-corrected chi connectivity index (χ1v) is 7.59. The van der Waals surface area contributed by atoms with Gasteiger partial charge in [0, 0.05) is 6.54 Å². The summed E-state index contributed by atoms with van der Waals surface area (Å²) in [5.74, 6) is 0.547. The van der Waals surface area contributed by atoms with Crippen molar-refractivity contribution in [2.24, 2.45) is 5.92 Å². The summed E-state index contributed by atoms with van der Waals surface area (Å²) in [4.78, 5) is 26.7. The van der Waals surface area contributed by atoms with Crippen molar-refractivity contribution in [1.29, 1.82) is 0 Å². The van der Waals surface area contributed by atoms with E-state index in [0.29, 0.717) is 25.3 Å². The fourth-order valence-electron chi connectivity index (χ4n) is 2.98. The molecule has 1 N–H and O–H groups in total. The fourth-order valence-corrected chi connectivity index (χ4v) is 2.98. The molecule has 1 saturated heterocycles. The molecule has 0 aliphatic carbocycles. The molecule has 0 spiro atoms. The molecule has 1 rings (SSSR count). The first kappa shape index (κ1) is 16.0. The van der Waals surface area contributed by atoms with Gasteiger partial charge in [-0.15, -0.1) is 0 Å². The van der Waals surface area contributed by atoms with E-state index in [9.17, 15) is 9.59 Å². The van der Waals surface area contributed by atoms with Crippen LogP contribution < -0.4 is 5.32 Å². The highest BCUT2D eigenvalue weighted by Crippen LogP contribution is 2.30. The Labute approximate surface area is 116 Å².